The number of halogens is 2. The molecular weight excluding hydrogens is 467 g/mol. The molecule has 2 aliphatic rings. The molecule has 34 heavy (non-hydrogen) atoms. The van der Waals surface area contributed by atoms with Crippen LogP contribution in [0.25, 0.3) is 10.9 Å². The second-order valence-corrected chi connectivity index (χ2v) is 8.87. The van der Waals surface area contributed by atoms with Gasteiger partial charge in [0.05, 0.1) is 32.6 Å². The maximum Gasteiger partial charge on any atom is 0.341 e. The van der Waals surface area contributed by atoms with Crippen molar-refractivity contribution in [2.75, 3.05) is 24.5 Å². The molecule has 0 spiro atoms. The molecule has 1 aliphatic carbocycles. The Hall–Kier alpha value is -3.50. The summed E-state index contributed by atoms with van der Waals surface area (Å²) < 4.78 is 17.2. The third-order valence-electron chi connectivity index (χ3n) is 6.37. The van der Waals surface area contributed by atoms with Crippen molar-refractivity contribution in [3.8, 4) is 0 Å². The number of benzene rings is 2. The zero-order valence-electron chi connectivity index (χ0n) is 17.8. The molecule has 1 aliphatic heterocycles. The average Bonchev–Trinajstić information content (AvgIpc) is 3.65. The highest BCUT2D eigenvalue weighted by Gasteiger charge is 2.33. The van der Waals surface area contributed by atoms with Gasteiger partial charge in [-0.2, -0.15) is 0 Å². The van der Waals surface area contributed by atoms with Crippen molar-refractivity contribution in [3.05, 3.63) is 78.8 Å². The summed E-state index contributed by atoms with van der Waals surface area (Å²) in [5, 5.41) is 23.7. The fraction of sp³-hybridized carbons (Fsp3) is 0.304. The van der Waals surface area contributed by atoms with E-state index in [-0.39, 0.29) is 33.9 Å². The Labute approximate surface area is 197 Å². The number of non-ortho nitro benzene ring substituents is 1. The first-order valence-corrected chi connectivity index (χ1v) is 11.2. The van der Waals surface area contributed by atoms with Crippen LogP contribution in [0.1, 0.15) is 40.8 Å². The molecular formula is C23H20ClFN4O5. The van der Waals surface area contributed by atoms with Gasteiger partial charge >= 0.3 is 5.97 Å². The number of carbonyl (C=O) groups is 1. The number of aromatic carboxylic acids is 1. The summed E-state index contributed by atoms with van der Waals surface area (Å²) in [7, 11) is 0. The lowest BCUT2D eigenvalue weighted by molar-refractivity contribution is -0.384. The largest absolute Gasteiger partial charge is 0.477 e. The first-order chi connectivity index (χ1) is 16.3. The molecule has 1 atom stereocenters. The van der Waals surface area contributed by atoms with E-state index in [1.54, 1.807) is 21.6 Å². The van der Waals surface area contributed by atoms with E-state index in [1.807, 2.05) is 0 Å². The Bertz CT molecular complexity index is 1390. The zero-order chi connectivity index (χ0) is 24.1. The Kier molecular flexibility index (Phi) is 5.49. The highest BCUT2D eigenvalue weighted by Crippen LogP contribution is 2.44. The SMILES string of the molecule is O=C(O)c1cn(C2CC2)c2c(Cl)c(N3CCNCC3c3ccc([N+](=O)[O-])cc3)c(F)cc2c1=O. The number of fused-ring (bicyclic) bond motifs is 1. The number of hydrogen-bond acceptors (Lipinski definition) is 6. The minimum Gasteiger partial charge on any atom is -0.477 e. The van der Waals surface area contributed by atoms with Gasteiger partial charge in [-0.05, 0) is 24.5 Å². The normalized spacial score (nSPS) is 18.3. The number of pyridine rings is 1. The molecule has 2 heterocycles. The maximum absolute atomic E-state index is 15.6. The van der Waals surface area contributed by atoms with E-state index in [4.69, 9.17) is 11.6 Å². The number of piperazine rings is 1. The molecule has 1 aromatic heterocycles. The number of aromatic nitrogens is 1. The number of nitrogens with one attached hydrogen (secondary N) is 1. The maximum atomic E-state index is 15.6. The van der Waals surface area contributed by atoms with E-state index >= 15 is 4.39 Å². The van der Waals surface area contributed by atoms with Crippen molar-refractivity contribution in [2.24, 2.45) is 0 Å². The first kappa shape index (κ1) is 22.3. The lowest BCUT2D eigenvalue weighted by Crippen LogP contribution is -2.46. The van der Waals surface area contributed by atoms with Crippen molar-refractivity contribution in [1.29, 1.82) is 0 Å². The van der Waals surface area contributed by atoms with Gasteiger partial charge in [-0.25, -0.2) is 9.18 Å². The smallest absolute Gasteiger partial charge is 0.341 e. The van der Waals surface area contributed by atoms with E-state index in [2.05, 4.69) is 5.32 Å². The first-order valence-electron chi connectivity index (χ1n) is 10.8. The second kappa shape index (κ2) is 8.37. The van der Waals surface area contributed by atoms with Crippen LogP contribution in [0.2, 0.25) is 5.02 Å². The van der Waals surface area contributed by atoms with Gasteiger partial charge in [0.25, 0.3) is 5.69 Å². The molecule has 0 amide bonds. The predicted octanol–water partition coefficient (Wildman–Crippen LogP) is 3.89. The third kappa shape index (κ3) is 3.68. The summed E-state index contributed by atoms with van der Waals surface area (Å²) in [5.74, 6) is -2.10. The van der Waals surface area contributed by atoms with Crippen molar-refractivity contribution in [1.82, 2.24) is 9.88 Å². The quantitative estimate of drug-likeness (QED) is 0.415. The van der Waals surface area contributed by atoms with E-state index in [0.29, 0.717) is 25.2 Å². The summed E-state index contributed by atoms with van der Waals surface area (Å²) in [5.41, 5.74) is -0.0641. The highest BCUT2D eigenvalue weighted by molar-refractivity contribution is 6.38. The van der Waals surface area contributed by atoms with Crippen LogP contribution < -0.4 is 15.6 Å². The van der Waals surface area contributed by atoms with Gasteiger partial charge in [0.1, 0.15) is 11.4 Å². The number of rotatable bonds is 5. The van der Waals surface area contributed by atoms with Crippen LogP contribution in [-0.2, 0) is 0 Å². The molecule has 1 saturated heterocycles. The van der Waals surface area contributed by atoms with Crippen LogP contribution in [0.3, 0.4) is 0 Å². The minimum absolute atomic E-state index is 0.00879. The van der Waals surface area contributed by atoms with Gasteiger partial charge in [-0.1, -0.05) is 23.7 Å². The fourth-order valence-electron chi connectivity index (χ4n) is 4.58. The summed E-state index contributed by atoms with van der Waals surface area (Å²) in [4.78, 5) is 36.8. The van der Waals surface area contributed by atoms with Gasteiger partial charge in [-0.15, -0.1) is 0 Å². The van der Waals surface area contributed by atoms with Crippen LogP contribution in [0.4, 0.5) is 15.8 Å². The van der Waals surface area contributed by atoms with E-state index in [1.165, 1.54) is 18.3 Å². The molecule has 5 rings (SSSR count). The molecule has 176 valence electrons. The van der Waals surface area contributed by atoms with Gasteiger partial charge in [0.15, 0.2) is 0 Å². The Balaban J connectivity index is 1.68. The third-order valence-corrected chi connectivity index (χ3v) is 6.73. The van der Waals surface area contributed by atoms with E-state index in [9.17, 15) is 24.8 Å². The molecule has 2 N–H and O–H groups in total. The van der Waals surface area contributed by atoms with Gasteiger partial charge < -0.3 is 19.9 Å². The van der Waals surface area contributed by atoms with Gasteiger partial charge in [0, 0.05) is 44.0 Å². The molecule has 9 nitrogen and oxygen atoms in total. The summed E-state index contributed by atoms with van der Waals surface area (Å²) in [6, 6.07) is 6.77. The van der Waals surface area contributed by atoms with Crippen molar-refractivity contribution in [2.45, 2.75) is 24.9 Å². The molecule has 1 saturated carbocycles. The molecule has 0 bridgehead atoms. The molecule has 1 unspecified atom stereocenters. The summed E-state index contributed by atoms with van der Waals surface area (Å²) in [6.07, 6.45) is 2.90. The fourth-order valence-corrected chi connectivity index (χ4v) is 4.97. The van der Waals surface area contributed by atoms with Crippen LogP contribution >= 0.6 is 11.6 Å². The van der Waals surface area contributed by atoms with E-state index < -0.39 is 27.7 Å². The molecule has 11 heteroatoms. The predicted molar refractivity (Wildman–Crippen MR) is 124 cm³/mol. The van der Waals surface area contributed by atoms with Crippen LogP contribution in [-0.4, -0.2) is 40.2 Å². The lowest BCUT2D eigenvalue weighted by atomic mass is 10.0. The van der Waals surface area contributed by atoms with Crippen LogP contribution in [0.5, 0.6) is 0 Å². The highest BCUT2D eigenvalue weighted by atomic mass is 35.5. The monoisotopic (exact) mass is 486 g/mol. The van der Waals surface area contributed by atoms with Crippen molar-refractivity contribution < 1.29 is 19.2 Å². The second-order valence-electron chi connectivity index (χ2n) is 8.49. The van der Waals surface area contributed by atoms with Crippen molar-refractivity contribution in [3.63, 3.8) is 0 Å². The molecule has 3 aromatic rings. The molecule has 0 radical (unpaired) electrons. The Morgan fingerprint density at radius 1 is 1.26 bits per heavy atom. The lowest BCUT2D eigenvalue weighted by Gasteiger charge is -2.39. The topological polar surface area (TPSA) is 118 Å². The van der Waals surface area contributed by atoms with E-state index in [0.717, 1.165) is 24.5 Å². The number of hydrogen-bond donors (Lipinski definition) is 2. The number of carboxylic acids is 1. The number of nitro groups is 1. The zero-order valence-corrected chi connectivity index (χ0v) is 18.6. The number of anilines is 1. The molecule has 2 aromatic carbocycles. The van der Waals surface area contributed by atoms with Crippen LogP contribution in [0.15, 0.2) is 41.3 Å². The summed E-state index contributed by atoms with van der Waals surface area (Å²) in [6.45, 7) is 1.42. The number of nitro benzene ring substituents is 1. The minimum atomic E-state index is -1.37. The summed E-state index contributed by atoms with van der Waals surface area (Å²) >= 11 is 6.78. The number of carboxylic acid groups (broad SMARTS) is 1. The molecule has 2 fully saturated rings. The Morgan fingerprint density at radius 2 is 1.97 bits per heavy atom. The van der Waals surface area contributed by atoms with Crippen LogP contribution in [0, 0.1) is 15.9 Å². The number of nitrogens with zero attached hydrogens (tertiary/aromatic N) is 3. The van der Waals surface area contributed by atoms with Gasteiger partial charge in [0.2, 0.25) is 5.43 Å². The van der Waals surface area contributed by atoms with Crippen molar-refractivity contribution >= 4 is 39.8 Å². The average molecular weight is 487 g/mol. The Morgan fingerprint density at radius 3 is 2.59 bits per heavy atom. The standard InChI is InChI=1S/C23H20ClFN4O5/c24-19-20-15(22(30)16(23(31)32)11-28(20)13-5-6-13)9-17(25)21(19)27-8-7-26-10-18(27)12-1-3-14(4-2-12)29(33)34/h1-4,9,11,13,18,26H,5-8,10H2,(H,31,32). The van der Waals surface area contributed by atoms with Gasteiger partial charge in [-0.3, -0.25) is 14.9 Å².